The van der Waals surface area contributed by atoms with Crippen molar-refractivity contribution in [1.29, 1.82) is 0 Å². The minimum absolute atomic E-state index is 0.138. The lowest BCUT2D eigenvalue weighted by molar-refractivity contribution is -0.113. The molecule has 2 aromatic carbocycles. The van der Waals surface area contributed by atoms with Crippen molar-refractivity contribution >= 4 is 46.6 Å². The van der Waals surface area contributed by atoms with Gasteiger partial charge in [0.05, 0.1) is 30.7 Å². The van der Waals surface area contributed by atoms with E-state index in [-0.39, 0.29) is 18.3 Å². The molecule has 1 amide bonds. The number of ether oxygens (including phenoxy) is 3. The van der Waals surface area contributed by atoms with Crippen LogP contribution in [0.5, 0.6) is 17.2 Å². The Morgan fingerprint density at radius 2 is 1.91 bits per heavy atom. The summed E-state index contributed by atoms with van der Waals surface area (Å²) in [7, 11) is 3.10. The van der Waals surface area contributed by atoms with Crippen molar-refractivity contribution in [1.82, 2.24) is 14.8 Å². The Balaban J connectivity index is 1.63. The van der Waals surface area contributed by atoms with Crippen LogP contribution in [0.4, 0.5) is 5.69 Å². The van der Waals surface area contributed by atoms with Gasteiger partial charge in [-0.15, -0.1) is 10.2 Å². The molecule has 0 aliphatic carbocycles. The summed E-state index contributed by atoms with van der Waals surface area (Å²) >= 11 is 13.4. The first-order valence-corrected chi connectivity index (χ1v) is 11.3. The second kappa shape index (κ2) is 11.3. The van der Waals surface area contributed by atoms with Crippen LogP contribution in [-0.4, -0.2) is 40.6 Å². The lowest BCUT2D eigenvalue weighted by Gasteiger charge is -2.12. The van der Waals surface area contributed by atoms with E-state index in [2.05, 4.69) is 15.5 Å². The van der Waals surface area contributed by atoms with Crippen LogP contribution < -0.4 is 19.5 Å². The minimum atomic E-state index is -0.212. The standard InChI is InChI=1S/C21H22Cl2N4O4S/c1-4-27-19(11-31-18-9-13(22)5-7-15(18)23)25-26-21(27)32-12-20(28)24-16-10-14(29-2)6-8-17(16)30-3/h5-10H,4,11-12H2,1-3H3,(H,24,28). The van der Waals surface area contributed by atoms with Crippen molar-refractivity contribution in [3.63, 3.8) is 0 Å². The van der Waals surface area contributed by atoms with Crippen LogP contribution in [0, 0.1) is 0 Å². The first kappa shape index (κ1) is 24.0. The Kier molecular flexibility index (Phi) is 8.49. The molecule has 1 N–H and O–H groups in total. The highest BCUT2D eigenvalue weighted by Crippen LogP contribution is 2.30. The zero-order valence-electron chi connectivity index (χ0n) is 17.7. The number of benzene rings is 2. The third kappa shape index (κ3) is 5.99. The number of aromatic nitrogens is 3. The van der Waals surface area contributed by atoms with Crippen molar-refractivity contribution in [3.8, 4) is 17.2 Å². The molecule has 0 unspecified atom stereocenters. The van der Waals surface area contributed by atoms with Crippen molar-refractivity contribution in [2.45, 2.75) is 25.2 Å². The van der Waals surface area contributed by atoms with E-state index in [0.29, 0.717) is 50.5 Å². The van der Waals surface area contributed by atoms with Crippen molar-refractivity contribution in [2.24, 2.45) is 0 Å². The molecular weight excluding hydrogens is 475 g/mol. The van der Waals surface area contributed by atoms with Crippen molar-refractivity contribution in [2.75, 3.05) is 25.3 Å². The molecule has 1 aromatic heterocycles. The SMILES string of the molecule is CCn1c(COc2cc(Cl)ccc2Cl)nnc1SCC(=O)Nc1cc(OC)ccc1OC. The zero-order chi connectivity index (χ0) is 23.1. The Hall–Kier alpha value is -2.62. The molecule has 3 aromatic rings. The van der Waals surface area contributed by atoms with Gasteiger partial charge in [-0.3, -0.25) is 4.79 Å². The molecule has 1 heterocycles. The van der Waals surface area contributed by atoms with E-state index in [9.17, 15) is 4.79 Å². The van der Waals surface area contributed by atoms with E-state index in [1.54, 1.807) is 43.5 Å². The average molecular weight is 497 g/mol. The van der Waals surface area contributed by atoms with Gasteiger partial charge in [-0.25, -0.2) is 0 Å². The quantitative estimate of drug-likeness (QED) is 0.398. The van der Waals surface area contributed by atoms with E-state index < -0.39 is 0 Å². The highest BCUT2D eigenvalue weighted by molar-refractivity contribution is 7.99. The average Bonchev–Trinajstić information content (AvgIpc) is 3.19. The molecule has 0 radical (unpaired) electrons. The molecule has 0 aliphatic heterocycles. The number of carbonyl (C=O) groups excluding carboxylic acids is 1. The lowest BCUT2D eigenvalue weighted by Crippen LogP contribution is -2.15. The van der Waals surface area contributed by atoms with Gasteiger partial charge in [0.25, 0.3) is 0 Å². The van der Waals surface area contributed by atoms with Crippen LogP contribution in [0.3, 0.4) is 0 Å². The van der Waals surface area contributed by atoms with E-state index in [0.717, 1.165) is 0 Å². The third-order valence-corrected chi connectivity index (χ3v) is 5.89. The highest BCUT2D eigenvalue weighted by atomic mass is 35.5. The van der Waals surface area contributed by atoms with Gasteiger partial charge < -0.3 is 24.1 Å². The monoisotopic (exact) mass is 496 g/mol. The zero-order valence-corrected chi connectivity index (χ0v) is 20.1. The summed E-state index contributed by atoms with van der Waals surface area (Å²) in [6, 6.07) is 10.2. The van der Waals surface area contributed by atoms with Crippen molar-refractivity contribution in [3.05, 3.63) is 52.3 Å². The number of hydrogen-bond donors (Lipinski definition) is 1. The third-order valence-electron chi connectivity index (χ3n) is 4.37. The van der Waals surface area contributed by atoms with Gasteiger partial charge in [0.2, 0.25) is 5.91 Å². The largest absolute Gasteiger partial charge is 0.497 e. The maximum absolute atomic E-state index is 12.5. The summed E-state index contributed by atoms with van der Waals surface area (Å²) in [5, 5.41) is 12.8. The smallest absolute Gasteiger partial charge is 0.234 e. The van der Waals surface area contributed by atoms with Crippen LogP contribution in [0.2, 0.25) is 10.0 Å². The van der Waals surface area contributed by atoms with E-state index >= 15 is 0 Å². The van der Waals surface area contributed by atoms with Gasteiger partial charge in [-0.05, 0) is 31.2 Å². The fourth-order valence-electron chi connectivity index (χ4n) is 2.81. The molecule has 0 aliphatic rings. The molecule has 0 saturated heterocycles. The van der Waals surface area contributed by atoms with Crippen LogP contribution in [0.25, 0.3) is 0 Å². The second-order valence-corrected chi connectivity index (χ2v) is 8.20. The number of halogens is 2. The molecule has 0 atom stereocenters. The maximum Gasteiger partial charge on any atom is 0.234 e. The Labute approximate surface area is 200 Å². The number of thioether (sulfide) groups is 1. The Morgan fingerprint density at radius 1 is 1.09 bits per heavy atom. The second-order valence-electron chi connectivity index (χ2n) is 6.41. The number of anilines is 1. The molecular formula is C21H22Cl2N4O4S. The van der Waals surface area contributed by atoms with E-state index in [4.69, 9.17) is 37.4 Å². The maximum atomic E-state index is 12.5. The summed E-state index contributed by atoms with van der Waals surface area (Å²) in [6.45, 7) is 2.74. The molecule has 170 valence electrons. The summed E-state index contributed by atoms with van der Waals surface area (Å²) in [6.07, 6.45) is 0. The minimum Gasteiger partial charge on any atom is -0.497 e. The van der Waals surface area contributed by atoms with Gasteiger partial charge in [0.1, 0.15) is 23.9 Å². The molecule has 0 fully saturated rings. The van der Waals surface area contributed by atoms with Gasteiger partial charge >= 0.3 is 0 Å². The van der Waals surface area contributed by atoms with Gasteiger partial charge in [-0.1, -0.05) is 35.0 Å². The fourth-order valence-corrected chi connectivity index (χ4v) is 3.96. The molecule has 0 bridgehead atoms. The van der Waals surface area contributed by atoms with Crippen LogP contribution in [-0.2, 0) is 17.9 Å². The van der Waals surface area contributed by atoms with Crippen LogP contribution >= 0.6 is 35.0 Å². The highest BCUT2D eigenvalue weighted by Gasteiger charge is 2.16. The van der Waals surface area contributed by atoms with Crippen LogP contribution in [0.1, 0.15) is 12.7 Å². The Bertz CT molecular complexity index is 1090. The molecule has 0 saturated carbocycles. The van der Waals surface area contributed by atoms with Gasteiger partial charge in [0, 0.05) is 23.7 Å². The number of nitrogens with zero attached hydrogens (tertiary/aromatic N) is 3. The van der Waals surface area contributed by atoms with Crippen molar-refractivity contribution < 1.29 is 19.0 Å². The topological polar surface area (TPSA) is 87.5 Å². The summed E-state index contributed by atoms with van der Waals surface area (Å²) < 4.78 is 18.1. The normalized spacial score (nSPS) is 10.7. The van der Waals surface area contributed by atoms with E-state index in [1.165, 1.54) is 18.9 Å². The summed E-state index contributed by atoms with van der Waals surface area (Å²) in [4.78, 5) is 12.5. The molecule has 0 spiro atoms. The molecule has 8 nitrogen and oxygen atoms in total. The molecule has 11 heteroatoms. The van der Waals surface area contributed by atoms with Gasteiger partial charge in [0.15, 0.2) is 11.0 Å². The van der Waals surface area contributed by atoms with Crippen LogP contribution in [0.15, 0.2) is 41.6 Å². The number of hydrogen-bond acceptors (Lipinski definition) is 7. The number of rotatable bonds is 10. The number of methoxy groups -OCH3 is 2. The van der Waals surface area contributed by atoms with Gasteiger partial charge in [-0.2, -0.15) is 0 Å². The van der Waals surface area contributed by atoms with E-state index in [1.807, 2.05) is 11.5 Å². The predicted molar refractivity (Wildman–Crippen MR) is 125 cm³/mol. The first-order chi connectivity index (χ1) is 15.4. The predicted octanol–water partition coefficient (Wildman–Crippen LogP) is 4.93. The summed E-state index contributed by atoms with van der Waals surface area (Å²) in [5.74, 6) is 2.16. The lowest BCUT2D eigenvalue weighted by atomic mass is 10.2. The number of nitrogens with one attached hydrogen (secondary N) is 1. The molecule has 32 heavy (non-hydrogen) atoms. The first-order valence-electron chi connectivity index (χ1n) is 9.59. The number of carbonyl (C=O) groups is 1. The summed E-state index contributed by atoms with van der Waals surface area (Å²) in [5.41, 5.74) is 0.530. The molecule has 3 rings (SSSR count). The fraction of sp³-hybridized carbons (Fsp3) is 0.286. The number of amides is 1. The Morgan fingerprint density at radius 3 is 2.62 bits per heavy atom.